The fourth-order valence-corrected chi connectivity index (χ4v) is 12.2. The van der Waals surface area contributed by atoms with Gasteiger partial charge in [-0.1, -0.05) is 67.7 Å². The van der Waals surface area contributed by atoms with E-state index in [0.717, 1.165) is 29.3 Å². The van der Waals surface area contributed by atoms with Crippen molar-refractivity contribution in [2.45, 2.75) is 69.1 Å². The summed E-state index contributed by atoms with van der Waals surface area (Å²) in [4.78, 5) is 43.7. The third-order valence-electron chi connectivity index (χ3n) is 10.5. The lowest BCUT2D eigenvalue weighted by molar-refractivity contribution is -0.385. The molecular formula is C35H41N3O7Si. The van der Waals surface area contributed by atoms with Crippen LogP contribution in [0.2, 0.25) is 18.6 Å². The number of carbonyl (C=O) groups is 2. The quantitative estimate of drug-likeness (QED) is 0.203. The van der Waals surface area contributed by atoms with E-state index >= 15 is 0 Å². The maximum atomic E-state index is 14.9. The fraction of sp³-hybridized carbons (Fsp3) is 0.429. The highest BCUT2D eigenvalue weighted by molar-refractivity contribution is 6.91. The molecular weight excluding hydrogens is 602 g/mol. The van der Waals surface area contributed by atoms with Crippen molar-refractivity contribution in [1.29, 1.82) is 0 Å². The number of methoxy groups -OCH3 is 1. The molecule has 0 unspecified atom stereocenters. The molecule has 0 saturated carbocycles. The summed E-state index contributed by atoms with van der Waals surface area (Å²) in [5, 5.41) is 23.1. The molecule has 0 bridgehead atoms. The second kappa shape index (κ2) is 12.3. The Hall–Kier alpha value is -4.06. The van der Waals surface area contributed by atoms with E-state index in [1.807, 2.05) is 49.4 Å². The molecule has 3 aliphatic heterocycles. The number of nitro benzene ring substituents is 1. The largest absolute Gasteiger partial charge is 0.497 e. The maximum absolute atomic E-state index is 14.9. The van der Waals surface area contributed by atoms with Gasteiger partial charge >= 0.3 is 0 Å². The van der Waals surface area contributed by atoms with E-state index in [1.165, 1.54) is 12.1 Å². The maximum Gasteiger partial charge on any atom is 0.269 e. The van der Waals surface area contributed by atoms with Gasteiger partial charge in [0.2, 0.25) is 5.91 Å². The van der Waals surface area contributed by atoms with Crippen molar-refractivity contribution in [2.75, 3.05) is 25.2 Å². The minimum absolute atomic E-state index is 0.0517. The molecule has 2 amide bonds. The number of carbonyl (C=O) groups excluding carboxylic acids is 2. The number of likely N-dealkylation sites (tertiary alicyclic amines) is 1. The molecule has 242 valence electrons. The minimum Gasteiger partial charge on any atom is -0.497 e. The first kappa shape index (κ1) is 31.9. The first-order valence-electron chi connectivity index (χ1n) is 15.9. The number of fused-ring (bicyclic) bond motifs is 2. The number of nitrogens with zero attached hydrogens (tertiary/aromatic N) is 3. The number of aliphatic hydroxyl groups excluding tert-OH is 1. The third-order valence-corrected chi connectivity index (χ3v) is 14.9. The first-order valence-corrected chi connectivity index (χ1v) is 19.0. The molecule has 46 heavy (non-hydrogen) atoms. The molecule has 3 heterocycles. The highest BCUT2D eigenvalue weighted by Gasteiger charge is 2.67. The van der Waals surface area contributed by atoms with Crippen molar-refractivity contribution in [2.24, 2.45) is 5.92 Å². The molecule has 3 aromatic carbocycles. The van der Waals surface area contributed by atoms with E-state index in [4.69, 9.17) is 9.47 Å². The van der Waals surface area contributed by atoms with Crippen LogP contribution in [0.3, 0.4) is 0 Å². The number of benzene rings is 3. The summed E-state index contributed by atoms with van der Waals surface area (Å²) in [7, 11) is -0.899. The van der Waals surface area contributed by atoms with Crippen LogP contribution in [-0.4, -0.2) is 67.2 Å². The van der Waals surface area contributed by atoms with Gasteiger partial charge in [0.25, 0.3) is 11.6 Å². The average molecular weight is 644 g/mol. The minimum atomic E-state index is -2.52. The number of amides is 2. The topological polar surface area (TPSA) is 122 Å². The van der Waals surface area contributed by atoms with Gasteiger partial charge < -0.3 is 24.4 Å². The first-order chi connectivity index (χ1) is 22.0. The summed E-state index contributed by atoms with van der Waals surface area (Å²) in [6.45, 7) is 7.22. The van der Waals surface area contributed by atoms with Gasteiger partial charge in [-0.2, -0.15) is 0 Å². The van der Waals surface area contributed by atoms with Crippen LogP contribution in [0.4, 0.5) is 11.4 Å². The fourth-order valence-electron chi connectivity index (χ4n) is 8.18. The van der Waals surface area contributed by atoms with E-state index in [9.17, 15) is 24.8 Å². The van der Waals surface area contributed by atoms with Crippen molar-refractivity contribution in [3.05, 3.63) is 94.0 Å². The monoisotopic (exact) mass is 643 g/mol. The molecule has 3 aliphatic rings. The van der Waals surface area contributed by atoms with Crippen molar-refractivity contribution in [3.8, 4) is 5.75 Å². The lowest BCUT2D eigenvalue weighted by Gasteiger charge is -2.37. The van der Waals surface area contributed by atoms with Crippen LogP contribution in [0.15, 0.2) is 72.8 Å². The molecule has 0 aliphatic carbocycles. The molecule has 2 saturated heterocycles. The Morgan fingerprint density at radius 3 is 2.50 bits per heavy atom. The van der Waals surface area contributed by atoms with E-state index < -0.39 is 30.6 Å². The molecule has 3 aromatic rings. The zero-order chi connectivity index (χ0) is 32.8. The third kappa shape index (κ3) is 5.20. The standard InChI is InChI=1S/C35H41N3O7Si/c1-23-33(46(3,4)28-15-13-27(44-2)14-16-28)31(20-32(40)36-18-8-11-26(36)22-39)45-35(23)29-19-25(38(42)43)12-17-30(29)37(34(35)41)21-24-9-6-5-7-10-24/h5-7,9-10,12-17,19,23,26,31,33,39H,8,11,18,20-22H2,1-4H3/t23-,26-,31+,33-,35+/m0/s1. The Kier molecular flexibility index (Phi) is 8.51. The number of aliphatic hydroxyl groups is 1. The van der Waals surface area contributed by atoms with E-state index in [0.29, 0.717) is 17.8 Å². The predicted octanol–water partition coefficient (Wildman–Crippen LogP) is 4.74. The van der Waals surface area contributed by atoms with Crippen LogP contribution in [-0.2, 0) is 26.5 Å². The Labute approximate surface area is 270 Å². The number of ether oxygens (including phenoxy) is 2. The van der Waals surface area contributed by atoms with E-state index in [2.05, 4.69) is 25.2 Å². The molecule has 6 rings (SSSR count). The van der Waals surface area contributed by atoms with Gasteiger partial charge in [-0.05, 0) is 42.1 Å². The number of anilines is 1. The highest BCUT2D eigenvalue weighted by Crippen LogP contribution is 2.60. The van der Waals surface area contributed by atoms with Crippen molar-refractivity contribution < 1.29 is 29.1 Å². The Balaban J connectivity index is 1.47. The van der Waals surface area contributed by atoms with Gasteiger partial charge in [-0.3, -0.25) is 19.7 Å². The van der Waals surface area contributed by atoms with Gasteiger partial charge in [0.1, 0.15) is 5.75 Å². The van der Waals surface area contributed by atoms with Gasteiger partial charge in [0.15, 0.2) is 5.60 Å². The van der Waals surface area contributed by atoms with E-state index in [-0.39, 0.29) is 48.7 Å². The van der Waals surface area contributed by atoms with Crippen LogP contribution in [0.25, 0.3) is 0 Å². The molecule has 10 nitrogen and oxygen atoms in total. The molecule has 2 fully saturated rings. The summed E-state index contributed by atoms with van der Waals surface area (Å²) in [5.41, 5.74) is 0.152. The van der Waals surface area contributed by atoms with Gasteiger partial charge in [-0.25, -0.2) is 0 Å². The van der Waals surface area contributed by atoms with Crippen molar-refractivity contribution >= 4 is 36.4 Å². The molecule has 0 aromatic heterocycles. The molecule has 0 radical (unpaired) electrons. The lowest BCUT2D eigenvalue weighted by Crippen LogP contribution is -2.52. The van der Waals surface area contributed by atoms with Crippen molar-refractivity contribution in [3.63, 3.8) is 0 Å². The van der Waals surface area contributed by atoms with Crippen LogP contribution >= 0.6 is 0 Å². The number of hydrogen-bond acceptors (Lipinski definition) is 7. The zero-order valence-corrected chi connectivity index (χ0v) is 27.7. The molecule has 5 atom stereocenters. The van der Waals surface area contributed by atoms with Gasteiger partial charge in [-0.15, -0.1) is 0 Å². The number of rotatable bonds is 9. The van der Waals surface area contributed by atoms with Crippen LogP contribution in [0, 0.1) is 16.0 Å². The number of non-ortho nitro benzene ring substituents is 1. The lowest BCUT2D eigenvalue weighted by atomic mass is 9.82. The smallest absolute Gasteiger partial charge is 0.269 e. The Morgan fingerprint density at radius 2 is 1.85 bits per heavy atom. The molecule has 11 heteroatoms. The van der Waals surface area contributed by atoms with Crippen LogP contribution in [0.1, 0.15) is 37.3 Å². The Morgan fingerprint density at radius 1 is 1.13 bits per heavy atom. The highest BCUT2D eigenvalue weighted by atomic mass is 28.3. The summed E-state index contributed by atoms with van der Waals surface area (Å²) < 4.78 is 12.4. The van der Waals surface area contributed by atoms with E-state index in [1.54, 1.807) is 23.0 Å². The predicted molar refractivity (Wildman–Crippen MR) is 177 cm³/mol. The zero-order valence-electron chi connectivity index (χ0n) is 26.7. The van der Waals surface area contributed by atoms with Crippen molar-refractivity contribution in [1.82, 2.24) is 4.90 Å². The summed E-state index contributed by atoms with van der Waals surface area (Å²) in [6.07, 6.45) is 0.991. The second-order valence-corrected chi connectivity index (χ2v) is 17.9. The molecule has 1 spiro atoms. The number of nitro groups is 1. The van der Waals surface area contributed by atoms with Crippen LogP contribution < -0.4 is 14.8 Å². The summed E-state index contributed by atoms with van der Waals surface area (Å²) >= 11 is 0. The normalized spacial score (nSPS) is 25.7. The van der Waals surface area contributed by atoms with Crippen LogP contribution in [0.5, 0.6) is 5.75 Å². The number of hydrogen-bond donors (Lipinski definition) is 1. The second-order valence-electron chi connectivity index (χ2n) is 13.3. The molecule has 1 N–H and O–H groups in total. The summed E-state index contributed by atoms with van der Waals surface area (Å²) in [6, 6.07) is 21.9. The van der Waals surface area contributed by atoms with Gasteiger partial charge in [0, 0.05) is 30.2 Å². The summed E-state index contributed by atoms with van der Waals surface area (Å²) in [5.74, 6) is -0.0509. The SMILES string of the molecule is COc1ccc([Si](C)(C)[C@@H]2[C@@H](CC(=O)N3CCC[C@H]3CO)O[C@]3(C(=O)N(Cc4ccccc4)c4ccc([N+](=O)[O-])cc43)[C@H]2C)cc1. The Bertz CT molecular complexity index is 1630. The van der Waals surface area contributed by atoms with Gasteiger partial charge in [0.05, 0.1) is 57.5 Å². The average Bonchev–Trinajstić information content (AvgIpc) is 3.72.